The fourth-order valence-electron chi connectivity index (χ4n) is 2.54. The second-order valence-electron chi connectivity index (χ2n) is 5.48. The summed E-state index contributed by atoms with van der Waals surface area (Å²) < 4.78 is 5.72. The molecule has 1 N–H and O–H groups in total. The van der Waals surface area contributed by atoms with E-state index in [0.29, 0.717) is 12.0 Å². The topological polar surface area (TPSA) is 21.3 Å². The first kappa shape index (κ1) is 13.2. The van der Waals surface area contributed by atoms with Crippen molar-refractivity contribution in [2.24, 2.45) is 0 Å². The van der Waals surface area contributed by atoms with Gasteiger partial charge in [-0.3, -0.25) is 0 Å². The quantitative estimate of drug-likeness (QED) is 0.809. The van der Waals surface area contributed by atoms with E-state index < -0.39 is 0 Å². The average Bonchev–Trinajstić information content (AvgIpc) is 3.26. The van der Waals surface area contributed by atoms with Gasteiger partial charge in [-0.2, -0.15) is 0 Å². The molecule has 3 rings (SSSR count). The number of hydrogen-bond acceptors (Lipinski definition) is 2. The van der Waals surface area contributed by atoms with Crippen LogP contribution in [0.3, 0.4) is 0 Å². The number of ether oxygens (including phenoxy) is 1. The van der Waals surface area contributed by atoms with Crippen molar-refractivity contribution in [3.05, 3.63) is 65.7 Å². The highest BCUT2D eigenvalue weighted by Gasteiger charge is 2.37. The third-order valence-electron chi connectivity index (χ3n) is 3.82. The molecule has 1 aliphatic rings. The van der Waals surface area contributed by atoms with Gasteiger partial charge in [0.15, 0.2) is 0 Å². The molecule has 0 radical (unpaired) electrons. The maximum absolute atomic E-state index is 5.72. The van der Waals surface area contributed by atoms with E-state index >= 15 is 0 Å². The van der Waals surface area contributed by atoms with Gasteiger partial charge in [-0.05, 0) is 31.0 Å². The van der Waals surface area contributed by atoms with Crippen LogP contribution in [0.15, 0.2) is 54.6 Å². The van der Waals surface area contributed by atoms with Gasteiger partial charge in [0.2, 0.25) is 0 Å². The molecule has 20 heavy (non-hydrogen) atoms. The second-order valence-corrected chi connectivity index (χ2v) is 5.48. The van der Waals surface area contributed by atoms with E-state index in [1.54, 1.807) is 0 Å². The maximum atomic E-state index is 5.72. The minimum atomic E-state index is 0.624. The Labute approximate surface area is 120 Å². The standard InChI is InChI=1S/C18H21NO/c1-14-7-9-16(10-8-14)20-12-11-19-18-13-17(18)15-5-3-2-4-6-15/h2-10,17-19H,11-13H2,1H3. The van der Waals surface area contributed by atoms with Crippen molar-refractivity contribution >= 4 is 0 Å². The van der Waals surface area contributed by atoms with Gasteiger partial charge in [-0.15, -0.1) is 0 Å². The van der Waals surface area contributed by atoms with Gasteiger partial charge >= 0.3 is 0 Å². The van der Waals surface area contributed by atoms with E-state index in [1.807, 2.05) is 12.1 Å². The third kappa shape index (κ3) is 3.40. The zero-order valence-electron chi connectivity index (χ0n) is 11.9. The minimum absolute atomic E-state index is 0.624. The lowest BCUT2D eigenvalue weighted by molar-refractivity contribution is 0.313. The van der Waals surface area contributed by atoms with Gasteiger partial charge in [-0.25, -0.2) is 0 Å². The highest BCUT2D eigenvalue weighted by molar-refractivity contribution is 5.28. The first-order valence-electron chi connectivity index (χ1n) is 7.31. The number of hydrogen-bond donors (Lipinski definition) is 1. The van der Waals surface area contributed by atoms with Crippen LogP contribution in [0.2, 0.25) is 0 Å². The molecule has 2 aromatic carbocycles. The molecule has 0 saturated heterocycles. The van der Waals surface area contributed by atoms with E-state index in [1.165, 1.54) is 17.5 Å². The Hall–Kier alpha value is -1.80. The summed E-state index contributed by atoms with van der Waals surface area (Å²) in [6, 6.07) is 19.6. The van der Waals surface area contributed by atoms with Crippen LogP contribution in [0.25, 0.3) is 0 Å². The average molecular weight is 267 g/mol. The van der Waals surface area contributed by atoms with Crippen LogP contribution in [0, 0.1) is 6.92 Å². The highest BCUT2D eigenvalue weighted by Crippen LogP contribution is 2.40. The molecule has 0 aliphatic heterocycles. The van der Waals surface area contributed by atoms with Gasteiger partial charge in [0.25, 0.3) is 0 Å². The van der Waals surface area contributed by atoms with Crippen LogP contribution in [-0.2, 0) is 0 Å². The maximum Gasteiger partial charge on any atom is 0.119 e. The molecule has 1 saturated carbocycles. The molecule has 0 aromatic heterocycles. The monoisotopic (exact) mass is 267 g/mol. The number of nitrogens with one attached hydrogen (secondary N) is 1. The molecule has 0 spiro atoms. The third-order valence-corrected chi connectivity index (χ3v) is 3.82. The van der Waals surface area contributed by atoms with Crippen molar-refractivity contribution in [3.8, 4) is 5.75 Å². The summed E-state index contributed by atoms with van der Waals surface area (Å²) in [5, 5.41) is 3.56. The van der Waals surface area contributed by atoms with Crippen LogP contribution < -0.4 is 10.1 Å². The van der Waals surface area contributed by atoms with E-state index in [4.69, 9.17) is 4.74 Å². The molecule has 104 valence electrons. The van der Waals surface area contributed by atoms with Crippen LogP contribution in [0.4, 0.5) is 0 Å². The molecule has 2 heteroatoms. The highest BCUT2D eigenvalue weighted by atomic mass is 16.5. The van der Waals surface area contributed by atoms with Gasteiger partial charge < -0.3 is 10.1 Å². The largest absolute Gasteiger partial charge is 0.492 e. The SMILES string of the molecule is Cc1ccc(OCCNC2CC2c2ccccc2)cc1. The van der Waals surface area contributed by atoms with E-state index in [9.17, 15) is 0 Å². The summed E-state index contributed by atoms with van der Waals surface area (Å²) in [5.74, 6) is 1.64. The minimum Gasteiger partial charge on any atom is -0.492 e. The molecule has 2 nitrogen and oxygen atoms in total. The van der Waals surface area contributed by atoms with Crippen LogP contribution in [-0.4, -0.2) is 19.2 Å². The molecule has 1 aliphatic carbocycles. The Bertz CT molecular complexity index is 535. The Morgan fingerprint density at radius 3 is 2.55 bits per heavy atom. The smallest absolute Gasteiger partial charge is 0.119 e. The van der Waals surface area contributed by atoms with Crippen molar-refractivity contribution < 1.29 is 4.74 Å². The number of aryl methyl sites for hydroxylation is 1. The lowest BCUT2D eigenvalue weighted by Crippen LogP contribution is -2.24. The summed E-state index contributed by atoms with van der Waals surface area (Å²) in [6.07, 6.45) is 1.24. The van der Waals surface area contributed by atoms with Gasteiger partial charge in [0.05, 0.1) is 0 Å². The normalized spacial score (nSPS) is 20.6. The molecule has 0 heterocycles. The lowest BCUT2D eigenvalue weighted by Gasteiger charge is -2.07. The van der Waals surface area contributed by atoms with E-state index in [0.717, 1.165) is 18.9 Å². The lowest BCUT2D eigenvalue weighted by atomic mass is 10.1. The first-order chi connectivity index (χ1) is 9.83. The summed E-state index contributed by atoms with van der Waals surface area (Å²) in [6.45, 7) is 3.71. The predicted molar refractivity (Wildman–Crippen MR) is 82.3 cm³/mol. The fraction of sp³-hybridized carbons (Fsp3) is 0.333. The zero-order valence-corrected chi connectivity index (χ0v) is 11.9. The molecule has 2 aromatic rings. The Balaban J connectivity index is 1.36. The summed E-state index contributed by atoms with van der Waals surface area (Å²) in [4.78, 5) is 0. The Morgan fingerprint density at radius 1 is 1.05 bits per heavy atom. The van der Waals surface area contributed by atoms with Crippen molar-refractivity contribution in [1.29, 1.82) is 0 Å². The number of rotatable bonds is 6. The van der Waals surface area contributed by atoms with Crippen molar-refractivity contribution in [1.82, 2.24) is 5.32 Å². The van der Waals surface area contributed by atoms with Crippen molar-refractivity contribution in [3.63, 3.8) is 0 Å². The second kappa shape index (κ2) is 6.10. The summed E-state index contributed by atoms with van der Waals surface area (Å²) in [7, 11) is 0. The van der Waals surface area contributed by atoms with Crippen molar-refractivity contribution in [2.75, 3.05) is 13.2 Å². The van der Waals surface area contributed by atoms with E-state index in [2.05, 4.69) is 54.7 Å². The Kier molecular flexibility index (Phi) is 4.03. The van der Waals surface area contributed by atoms with Crippen LogP contribution in [0.5, 0.6) is 5.75 Å². The molecular formula is C18H21NO. The van der Waals surface area contributed by atoms with Gasteiger partial charge in [0, 0.05) is 18.5 Å². The van der Waals surface area contributed by atoms with Gasteiger partial charge in [-0.1, -0.05) is 48.0 Å². The molecule has 0 bridgehead atoms. The fourth-order valence-corrected chi connectivity index (χ4v) is 2.54. The molecule has 2 atom stereocenters. The van der Waals surface area contributed by atoms with Gasteiger partial charge in [0.1, 0.15) is 12.4 Å². The molecule has 1 fully saturated rings. The Morgan fingerprint density at radius 2 is 1.80 bits per heavy atom. The van der Waals surface area contributed by atoms with Crippen LogP contribution in [0.1, 0.15) is 23.5 Å². The molecular weight excluding hydrogens is 246 g/mol. The predicted octanol–water partition coefficient (Wildman–Crippen LogP) is 3.52. The van der Waals surface area contributed by atoms with Crippen LogP contribution >= 0.6 is 0 Å². The molecule has 0 amide bonds. The van der Waals surface area contributed by atoms with Crippen molar-refractivity contribution in [2.45, 2.75) is 25.3 Å². The van der Waals surface area contributed by atoms with E-state index in [-0.39, 0.29) is 0 Å². The summed E-state index contributed by atoms with van der Waals surface area (Å²) >= 11 is 0. The zero-order chi connectivity index (χ0) is 13.8. The molecule has 2 unspecified atom stereocenters. The summed E-state index contributed by atoms with van der Waals surface area (Å²) in [5.41, 5.74) is 2.71. The number of benzene rings is 2. The first-order valence-corrected chi connectivity index (χ1v) is 7.31.